The van der Waals surface area contributed by atoms with Gasteiger partial charge in [-0.25, -0.2) is 9.79 Å². The number of rotatable bonds is 5. The van der Waals surface area contributed by atoms with E-state index >= 15 is 0 Å². The smallest absolute Gasteiger partial charge is 0.339 e. The van der Waals surface area contributed by atoms with Gasteiger partial charge in [0.1, 0.15) is 22.6 Å². The van der Waals surface area contributed by atoms with Crippen molar-refractivity contribution < 1.29 is 13.9 Å². The van der Waals surface area contributed by atoms with Crippen LogP contribution in [0, 0.1) is 11.3 Å². The summed E-state index contributed by atoms with van der Waals surface area (Å²) >= 11 is 5.01. The summed E-state index contributed by atoms with van der Waals surface area (Å²) in [5.74, 6) is 0.702. The quantitative estimate of drug-likeness (QED) is 0.286. The molecule has 0 spiro atoms. The first kappa shape index (κ1) is 21.5. The predicted molar refractivity (Wildman–Crippen MR) is 125 cm³/mol. The number of aliphatic imine (C=N–C) groups is 1. The van der Waals surface area contributed by atoms with Gasteiger partial charge in [-0.1, -0.05) is 15.9 Å². The standard InChI is InChI=1S/C24H21BrN2O3S/c1-14(2)29-24(28)19-11-15(25)7-9-17(19)21-10-8-16(30-21)13-27-23-20(12-26)18-5-3-4-6-22(18)31-23/h7-11,13-14H,3-6H2,1-2H3. The van der Waals surface area contributed by atoms with Crippen molar-refractivity contribution >= 4 is 44.5 Å². The molecule has 4 rings (SSSR count). The molecule has 0 bridgehead atoms. The highest BCUT2D eigenvalue weighted by atomic mass is 79.9. The molecule has 0 saturated heterocycles. The van der Waals surface area contributed by atoms with Crippen molar-refractivity contribution in [2.45, 2.75) is 45.6 Å². The van der Waals surface area contributed by atoms with Gasteiger partial charge < -0.3 is 9.15 Å². The van der Waals surface area contributed by atoms with E-state index in [0.29, 0.717) is 28.2 Å². The van der Waals surface area contributed by atoms with E-state index in [0.717, 1.165) is 40.7 Å². The predicted octanol–water partition coefficient (Wildman–Crippen LogP) is 6.84. The van der Waals surface area contributed by atoms with E-state index in [1.807, 2.05) is 26.0 Å². The van der Waals surface area contributed by atoms with Crippen molar-refractivity contribution in [2.75, 3.05) is 0 Å². The molecule has 0 aliphatic heterocycles. The van der Waals surface area contributed by atoms with Gasteiger partial charge in [-0.2, -0.15) is 5.26 Å². The minimum absolute atomic E-state index is 0.218. The third-order valence-electron chi connectivity index (χ3n) is 5.01. The summed E-state index contributed by atoms with van der Waals surface area (Å²) in [6.07, 6.45) is 5.68. The van der Waals surface area contributed by atoms with Crippen molar-refractivity contribution in [3.63, 3.8) is 0 Å². The Morgan fingerprint density at radius 3 is 2.87 bits per heavy atom. The summed E-state index contributed by atoms with van der Waals surface area (Å²) in [6.45, 7) is 3.63. The number of nitrogens with zero attached hydrogens (tertiary/aromatic N) is 2. The lowest BCUT2D eigenvalue weighted by molar-refractivity contribution is 0.0378. The summed E-state index contributed by atoms with van der Waals surface area (Å²) in [5, 5.41) is 10.3. The van der Waals surface area contributed by atoms with Crippen LogP contribution in [-0.2, 0) is 17.6 Å². The number of hydrogen-bond acceptors (Lipinski definition) is 6. The number of thiophene rings is 1. The maximum absolute atomic E-state index is 12.5. The Kier molecular flexibility index (Phi) is 6.40. The molecule has 0 radical (unpaired) electrons. The lowest BCUT2D eigenvalue weighted by Crippen LogP contribution is -2.12. The van der Waals surface area contributed by atoms with Crippen LogP contribution in [0.1, 0.15) is 58.8 Å². The van der Waals surface area contributed by atoms with E-state index in [1.54, 1.807) is 35.8 Å². The van der Waals surface area contributed by atoms with E-state index < -0.39 is 5.97 Å². The molecule has 0 N–H and O–H groups in total. The van der Waals surface area contributed by atoms with Crippen molar-refractivity contribution in [1.82, 2.24) is 0 Å². The minimum Gasteiger partial charge on any atom is -0.459 e. The molecule has 31 heavy (non-hydrogen) atoms. The number of aryl methyl sites for hydroxylation is 1. The Balaban J connectivity index is 1.62. The Bertz CT molecular complexity index is 1200. The number of hydrogen-bond donors (Lipinski definition) is 0. The van der Waals surface area contributed by atoms with E-state index in [2.05, 4.69) is 27.0 Å². The van der Waals surface area contributed by atoms with Crippen LogP contribution >= 0.6 is 27.3 Å². The molecule has 0 unspecified atom stereocenters. The van der Waals surface area contributed by atoms with E-state index in [4.69, 9.17) is 9.15 Å². The number of esters is 1. The molecule has 1 aliphatic carbocycles. The van der Waals surface area contributed by atoms with Gasteiger partial charge in [0, 0.05) is 14.9 Å². The van der Waals surface area contributed by atoms with Crippen LogP contribution in [0.3, 0.4) is 0 Å². The maximum atomic E-state index is 12.5. The number of benzene rings is 1. The molecular formula is C24H21BrN2O3S. The molecule has 158 valence electrons. The molecule has 5 nitrogen and oxygen atoms in total. The van der Waals surface area contributed by atoms with Gasteiger partial charge in [-0.05, 0) is 75.4 Å². The molecule has 2 aromatic heterocycles. The molecule has 3 aromatic rings. The van der Waals surface area contributed by atoms with Crippen LogP contribution in [0.4, 0.5) is 5.00 Å². The fraction of sp³-hybridized carbons (Fsp3) is 0.292. The molecule has 0 fully saturated rings. The van der Waals surface area contributed by atoms with Crippen LogP contribution in [0.2, 0.25) is 0 Å². The summed E-state index contributed by atoms with van der Waals surface area (Å²) in [6, 6.07) is 11.3. The van der Waals surface area contributed by atoms with Crippen LogP contribution in [0.15, 0.2) is 44.2 Å². The fourth-order valence-corrected chi connectivity index (χ4v) is 5.17. The third kappa shape index (κ3) is 4.65. The third-order valence-corrected chi connectivity index (χ3v) is 6.70. The Morgan fingerprint density at radius 1 is 1.29 bits per heavy atom. The van der Waals surface area contributed by atoms with Gasteiger partial charge in [-0.3, -0.25) is 0 Å². The molecular weight excluding hydrogens is 476 g/mol. The molecule has 7 heteroatoms. The highest BCUT2D eigenvalue weighted by molar-refractivity contribution is 9.10. The highest BCUT2D eigenvalue weighted by Crippen LogP contribution is 2.39. The number of carbonyl (C=O) groups excluding carboxylic acids is 1. The Labute approximate surface area is 193 Å². The lowest BCUT2D eigenvalue weighted by atomic mass is 9.96. The van der Waals surface area contributed by atoms with Crippen LogP contribution in [-0.4, -0.2) is 18.3 Å². The maximum Gasteiger partial charge on any atom is 0.339 e. The Hall–Kier alpha value is -2.69. The van der Waals surface area contributed by atoms with Crippen molar-refractivity contribution in [2.24, 2.45) is 4.99 Å². The lowest BCUT2D eigenvalue weighted by Gasteiger charge is -2.11. The van der Waals surface area contributed by atoms with Crippen molar-refractivity contribution in [1.29, 1.82) is 5.26 Å². The number of carbonyl (C=O) groups is 1. The topological polar surface area (TPSA) is 75.6 Å². The number of halogens is 1. The molecule has 2 heterocycles. The zero-order valence-electron chi connectivity index (χ0n) is 17.3. The molecule has 1 aromatic carbocycles. The van der Waals surface area contributed by atoms with Gasteiger partial charge in [-0.15, -0.1) is 11.3 Å². The van der Waals surface area contributed by atoms with Crippen LogP contribution in [0.5, 0.6) is 0 Å². The highest BCUT2D eigenvalue weighted by Gasteiger charge is 2.21. The number of nitriles is 1. The van der Waals surface area contributed by atoms with E-state index in [-0.39, 0.29) is 6.10 Å². The first-order valence-corrected chi connectivity index (χ1v) is 11.8. The molecule has 1 aliphatic rings. The first-order chi connectivity index (χ1) is 15.0. The zero-order chi connectivity index (χ0) is 22.0. The van der Waals surface area contributed by atoms with E-state index in [9.17, 15) is 10.1 Å². The van der Waals surface area contributed by atoms with Crippen LogP contribution in [0.25, 0.3) is 11.3 Å². The fourth-order valence-electron chi connectivity index (χ4n) is 3.62. The van der Waals surface area contributed by atoms with Crippen molar-refractivity contribution in [3.05, 3.63) is 62.1 Å². The van der Waals surface area contributed by atoms with Gasteiger partial charge in [0.2, 0.25) is 0 Å². The van der Waals surface area contributed by atoms with Gasteiger partial charge in [0.05, 0.1) is 23.4 Å². The van der Waals surface area contributed by atoms with Gasteiger partial charge in [0.25, 0.3) is 0 Å². The van der Waals surface area contributed by atoms with Gasteiger partial charge in [0.15, 0.2) is 0 Å². The van der Waals surface area contributed by atoms with Crippen LogP contribution < -0.4 is 0 Å². The summed E-state index contributed by atoms with van der Waals surface area (Å²) in [5.41, 5.74) is 2.93. The average molecular weight is 497 g/mol. The second-order valence-electron chi connectivity index (χ2n) is 7.61. The van der Waals surface area contributed by atoms with Gasteiger partial charge >= 0.3 is 5.97 Å². The van der Waals surface area contributed by atoms with Crippen molar-refractivity contribution in [3.8, 4) is 17.4 Å². The molecule has 0 atom stereocenters. The largest absolute Gasteiger partial charge is 0.459 e. The number of fused-ring (bicyclic) bond motifs is 1. The second-order valence-corrected chi connectivity index (χ2v) is 9.61. The molecule has 0 saturated carbocycles. The summed E-state index contributed by atoms with van der Waals surface area (Å²) in [4.78, 5) is 18.4. The summed E-state index contributed by atoms with van der Waals surface area (Å²) < 4.78 is 12.1. The summed E-state index contributed by atoms with van der Waals surface area (Å²) in [7, 11) is 0. The normalized spacial score (nSPS) is 13.4. The minimum atomic E-state index is -0.402. The SMILES string of the molecule is CC(C)OC(=O)c1cc(Br)ccc1-c1ccc(C=Nc2sc3c(c2C#N)CCCC3)o1. The average Bonchev–Trinajstić information content (AvgIpc) is 3.35. The number of furan rings is 1. The number of ether oxygens (including phenoxy) is 1. The monoisotopic (exact) mass is 496 g/mol. The first-order valence-electron chi connectivity index (χ1n) is 10.2. The Morgan fingerprint density at radius 2 is 2.10 bits per heavy atom. The zero-order valence-corrected chi connectivity index (χ0v) is 19.7. The van der Waals surface area contributed by atoms with E-state index in [1.165, 1.54) is 4.88 Å². The second kappa shape index (κ2) is 9.21. The molecule has 0 amide bonds.